The molecular weight excluding hydrogens is 280 g/mol. The van der Waals surface area contributed by atoms with Gasteiger partial charge in [0, 0.05) is 26.6 Å². The Kier molecular flexibility index (Phi) is 6.56. The van der Waals surface area contributed by atoms with Crippen molar-refractivity contribution in [1.29, 1.82) is 0 Å². The molecule has 0 saturated heterocycles. The van der Waals surface area contributed by atoms with Gasteiger partial charge in [0.25, 0.3) is 5.91 Å². The van der Waals surface area contributed by atoms with Crippen molar-refractivity contribution >= 4 is 17.5 Å². The van der Waals surface area contributed by atoms with Crippen LogP contribution in [0.1, 0.15) is 44.0 Å². The van der Waals surface area contributed by atoms with E-state index in [1.165, 1.54) is 4.90 Å². The summed E-state index contributed by atoms with van der Waals surface area (Å²) < 4.78 is 0. The van der Waals surface area contributed by atoms with Crippen LogP contribution in [-0.4, -0.2) is 37.1 Å². The van der Waals surface area contributed by atoms with Crippen molar-refractivity contribution in [3.63, 3.8) is 0 Å². The minimum Gasteiger partial charge on any atom is -0.396 e. The van der Waals surface area contributed by atoms with Gasteiger partial charge in [-0.2, -0.15) is 0 Å². The number of para-hydroxylation sites is 1. The molecule has 0 fully saturated rings. The van der Waals surface area contributed by atoms with E-state index < -0.39 is 0 Å². The highest BCUT2D eigenvalue weighted by atomic mass is 16.3. The zero-order valence-corrected chi connectivity index (χ0v) is 13.8. The van der Waals surface area contributed by atoms with Gasteiger partial charge in [-0.1, -0.05) is 32.9 Å². The minimum absolute atomic E-state index is 0.0409. The molecule has 0 aromatic heterocycles. The molecule has 0 aliphatic carbocycles. The lowest BCUT2D eigenvalue weighted by Crippen LogP contribution is -2.36. The fourth-order valence-electron chi connectivity index (χ4n) is 2.14. The van der Waals surface area contributed by atoms with E-state index in [-0.39, 0.29) is 23.8 Å². The quantitative estimate of drug-likeness (QED) is 0.811. The average Bonchev–Trinajstić information content (AvgIpc) is 2.51. The summed E-state index contributed by atoms with van der Waals surface area (Å²) in [5.74, 6) is -0.252. The lowest BCUT2D eigenvalue weighted by atomic mass is 9.89. The van der Waals surface area contributed by atoms with Crippen LogP contribution in [0.15, 0.2) is 24.3 Å². The predicted molar refractivity (Wildman–Crippen MR) is 88.0 cm³/mol. The third-order valence-electron chi connectivity index (χ3n) is 3.70. The molecule has 1 rings (SSSR count). The molecule has 0 radical (unpaired) electrons. The summed E-state index contributed by atoms with van der Waals surface area (Å²) in [6.45, 7) is 6.32. The Morgan fingerprint density at radius 2 is 1.91 bits per heavy atom. The summed E-state index contributed by atoms with van der Waals surface area (Å²) in [7, 11) is 1.67. The molecule has 0 aliphatic rings. The van der Waals surface area contributed by atoms with Crippen LogP contribution in [0.2, 0.25) is 0 Å². The topological polar surface area (TPSA) is 69.6 Å². The van der Waals surface area contributed by atoms with Gasteiger partial charge in [0.05, 0.1) is 11.3 Å². The first-order chi connectivity index (χ1) is 10.3. The smallest absolute Gasteiger partial charge is 0.253 e. The van der Waals surface area contributed by atoms with E-state index in [0.717, 1.165) is 0 Å². The lowest BCUT2D eigenvalue weighted by molar-refractivity contribution is -0.118. The monoisotopic (exact) mass is 306 g/mol. The number of aliphatic hydroxyl groups is 1. The van der Waals surface area contributed by atoms with E-state index in [4.69, 9.17) is 5.11 Å². The molecule has 0 unspecified atom stereocenters. The molecule has 22 heavy (non-hydrogen) atoms. The zero-order valence-electron chi connectivity index (χ0n) is 13.8. The average molecular weight is 306 g/mol. The van der Waals surface area contributed by atoms with Gasteiger partial charge in [0.1, 0.15) is 0 Å². The standard InChI is InChI=1S/C17H26N2O3/c1-5-15(21)19(4)14-9-7-6-8-13(14)16(22)18-12-17(2,3)10-11-20/h6-9,20H,5,10-12H2,1-4H3,(H,18,22). The third kappa shape index (κ3) is 4.84. The van der Waals surface area contributed by atoms with Gasteiger partial charge in [-0.15, -0.1) is 0 Å². The number of carbonyl (C=O) groups excluding carboxylic acids is 2. The minimum atomic E-state index is -0.211. The summed E-state index contributed by atoms with van der Waals surface area (Å²) in [6, 6.07) is 7.06. The summed E-state index contributed by atoms with van der Waals surface area (Å²) in [6.07, 6.45) is 0.999. The fraction of sp³-hybridized carbons (Fsp3) is 0.529. The Hall–Kier alpha value is -1.88. The number of anilines is 1. The molecule has 5 heteroatoms. The second-order valence-corrected chi connectivity index (χ2v) is 6.14. The van der Waals surface area contributed by atoms with Crippen molar-refractivity contribution in [2.75, 3.05) is 25.1 Å². The first-order valence-corrected chi connectivity index (χ1v) is 7.57. The van der Waals surface area contributed by atoms with E-state index in [0.29, 0.717) is 30.6 Å². The first kappa shape index (κ1) is 18.2. The molecule has 1 aromatic carbocycles. The van der Waals surface area contributed by atoms with Crippen molar-refractivity contribution < 1.29 is 14.7 Å². The first-order valence-electron chi connectivity index (χ1n) is 7.57. The Bertz CT molecular complexity index is 526. The summed E-state index contributed by atoms with van der Waals surface area (Å²) in [5, 5.41) is 11.9. The maximum absolute atomic E-state index is 12.4. The molecule has 5 nitrogen and oxygen atoms in total. The predicted octanol–water partition coefficient (Wildman–Crippen LogP) is 2.20. The van der Waals surface area contributed by atoms with Crippen LogP contribution in [0, 0.1) is 5.41 Å². The van der Waals surface area contributed by atoms with E-state index in [1.54, 1.807) is 38.2 Å². The van der Waals surface area contributed by atoms with Crippen LogP contribution in [0.25, 0.3) is 0 Å². The number of benzene rings is 1. The lowest BCUT2D eigenvalue weighted by Gasteiger charge is -2.25. The van der Waals surface area contributed by atoms with Crippen LogP contribution in [0.4, 0.5) is 5.69 Å². The van der Waals surface area contributed by atoms with Crippen molar-refractivity contribution in [2.24, 2.45) is 5.41 Å². The Morgan fingerprint density at radius 3 is 2.50 bits per heavy atom. The molecule has 0 atom stereocenters. The number of aliphatic hydroxyl groups excluding tert-OH is 1. The number of rotatable bonds is 7. The Morgan fingerprint density at radius 1 is 1.27 bits per heavy atom. The van der Waals surface area contributed by atoms with Crippen LogP contribution in [-0.2, 0) is 4.79 Å². The van der Waals surface area contributed by atoms with Crippen LogP contribution < -0.4 is 10.2 Å². The molecule has 0 heterocycles. The summed E-state index contributed by atoms with van der Waals surface area (Å²) in [4.78, 5) is 25.8. The Labute approximate surface area is 132 Å². The van der Waals surface area contributed by atoms with Crippen molar-refractivity contribution in [3.05, 3.63) is 29.8 Å². The maximum atomic E-state index is 12.4. The third-order valence-corrected chi connectivity index (χ3v) is 3.70. The highest BCUT2D eigenvalue weighted by Gasteiger charge is 2.21. The number of nitrogens with zero attached hydrogens (tertiary/aromatic N) is 1. The van der Waals surface area contributed by atoms with Gasteiger partial charge in [0.15, 0.2) is 0 Å². The van der Waals surface area contributed by atoms with Gasteiger partial charge in [-0.25, -0.2) is 0 Å². The van der Waals surface area contributed by atoms with Gasteiger partial charge in [-0.05, 0) is 24.0 Å². The van der Waals surface area contributed by atoms with E-state index in [1.807, 2.05) is 13.8 Å². The summed E-state index contributed by atoms with van der Waals surface area (Å²) in [5.41, 5.74) is 0.906. The molecule has 0 bridgehead atoms. The van der Waals surface area contributed by atoms with E-state index >= 15 is 0 Å². The highest BCUT2D eigenvalue weighted by Crippen LogP contribution is 2.22. The van der Waals surface area contributed by atoms with Gasteiger partial charge in [-0.3, -0.25) is 9.59 Å². The van der Waals surface area contributed by atoms with E-state index in [9.17, 15) is 9.59 Å². The van der Waals surface area contributed by atoms with Gasteiger partial charge in [0.2, 0.25) is 5.91 Å². The van der Waals surface area contributed by atoms with Crippen LogP contribution >= 0.6 is 0 Å². The van der Waals surface area contributed by atoms with Gasteiger partial charge >= 0.3 is 0 Å². The van der Waals surface area contributed by atoms with Crippen LogP contribution in [0.3, 0.4) is 0 Å². The maximum Gasteiger partial charge on any atom is 0.253 e. The number of hydrogen-bond donors (Lipinski definition) is 2. The van der Waals surface area contributed by atoms with Crippen LogP contribution in [0.5, 0.6) is 0 Å². The molecular formula is C17H26N2O3. The second kappa shape index (κ2) is 7.94. The zero-order chi connectivity index (χ0) is 16.8. The second-order valence-electron chi connectivity index (χ2n) is 6.14. The van der Waals surface area contributed by atoms with E-state index in [2.05, 4.69) is 5.32 Å². The normalized spacial score (nSPS) is 11.1. The summed E-state index contributed by atoms with van der Waals surface area (Å²) >= 11 is 0. The van der Waals surface area contributed by atoms with Crippen molar-refractivity contribution in [2.45, 2.75) is 33.6 Å². The molecule has 2 N–H and O–H groups in total. The number of nitrogens with one attached hydrogen (secondary N) is 1. The van der Waals surface area contributed by atoms with Crippen molar-refractivity contribution in [3.8, 4) is 0 Å². The fourth-order valence-corrected chi connectivity index (χ4v) is 2.14. The molecule has 0 aliphatic heterocycles. The molecule has 2 amide bonds. The molecule has 0 spiro atoms. The SMILES string of the molecule is CCC(=O)N(C)c1ccccc1C(=O)NCC(C)(C)CCO. The van der Waals surface area contributed by atoms with Crippen molar-refractivity contribution in [1.82, 2.24) is 5.32 Å². The number of amides is 2. The molecule has 0 saturated carbocycles. The molecule has 122 valence electrons. The largest absolute Gasteiger partial charge is 0.396 e. The highest BCUT2D eigenvalue weighted by molar-refractivity contribution is 6.04. The number of carbonyl (C=O) groups is 2. The number of hydrogen-bond acceptors (Lipinski definition) is 3. The van der Waals surface area contributed by atoms with Gasteiger partial charge < -0.3 is 15.3 Å². The Balaban J connectivity index is 2.88. The molecule has 1 aromatic rings.